The standard InChI is InChI=1S/C26H19F3N4O4/c1-11-6-16(13(3)31-19-5-4-18(28)21(29)20(19)25-32-26(35)37-33-25)24-17(7-11)22(34)12(2)23(36-24)14-8-15(27)10-30-9-14/h4-10,13,31H,1-3H3,(H,32,33,35). The Bertz CT molecular complexity index is 1790. The molecule has 0 bridgehead atoms. The summed E-state index contributed by atoms with van der Waals surface area (Å²) in [5.74, 6) is -4.04. The van der Waals surface area contributed by atoms with E-state index in [2.05, 4.69) is 25.0 Å². The molecule has 5 rings (SSSR count). The summed E-state index contributed by atoms with van der Waals surface area (Å²) in [6.07, 6.45) is 2.43. The topological polar surface area (TPSA) is 114 Å². The summed E-state index contributed by atoms with van der Waals surface area (Å²) in [7, 11) is 0. The maximum Gasteiger partial charge on any atom is 0.439 e. The van der Waals surface area contributed by atoms with Crippen LogP contribution in [-0.2, 0) is 0 Å². The highest BCUT2D eigenvalue weighted by Gasteiger charge is 2.23. The second-order valence-electron chi connectivity index (χ2n) is 8.60. The summed E-state index contributed by atoms with van der Waals surface area (Å²) in [6, 6.07) is 6.28. The van der Waals surface area contributed by atoms with Crippen LogP contribution in [0.25, 0.3) is 33.7 Å². The van der Waals surface area contributed by atoms with E-state index in [4.69, 9.17) is 4.42 Å². The van der Waals surface area contributed by atoms with Gasteiger partial charge in [-0.3, -0.25) is 19.3 Å². The number of pyridine rings is 1. The Morgan fingerprint density at radius 3 is 2.54 bits per heavy atom. The molecule has 0 saturated heterocycles. The Balaban J connectivity index is 1.67. The van der Waals surface area contributed by atoms with Crippen molar-refractivity contribution in [2.24, 2.45) is 0 Å². The zero-order chi connectivity index (χ0) is 26.4. The van der Waals surface area contributed by atoms with Crippen molar-refractivity contribution in [3.05, 3.63) is 97.6 Å². The van der Waals surface area contributed by atoms with Crippen LogP contribution in [0.2, 0.25) is 0 Å². The van der Waals surface area contributed by atoms with Crippen LogP contribution in [0, 0.1) is 31.3 Å². The number of benzene rings is 2. The predicted octanol–water partition coefficient (Wildman–Crippen LogP) is 5.41. The molecule has 1 unspecified atom stereocenters. The largest absolute Gasteiger partial charge is 0.455 e. The molecule has 0 fully saturated rings. The van der Waals surface area contributed by atoms with Gasteiger partial charge in [-0.25, -0.2) is 18.0 Å². The minimum absolute atomic E-state index is 0.106. The molecule has 3 aromatic heterocycles. The van der Waals surface area contributed by atoms with Crippen LogP contribution in [0.15, 0.2) is 61.3 Å². The first-order valence-electron chi connectivity index (χ1n) is 11.1. The molecule has 0 aliphatic carbocycles. The fraction of sp³-hybridized carbons (Fsp3) is 0.154. The number of halogens is 3. The molecule has 188 valence electrons. The van der Waals surface area contributed by atoms with Gasteiger partial charge in [-0.2, -0.15) is 0 Å². The fourth-order valence-corrected chi connectivity index (χ4v) is 4.25. The Morgan fingerprint density at radius 2 is 1.84 bits per heavy atom. The van der Waals surface area contributed by atoms with E-state index in [0.29, 0.717) is 16.5 Å². The van der Waals surface area contributed by atoms with Crippen molar-refractivity contribution in [3.8, 4) is 22.7 Å². The van der Waals surface area contributed by atoms with E-state index < -0.39 is 29.2 Å². The number of hydrogen-bond donors (Lipinski definition) is 2. The average molecular weight is 508 g/mol. The third-order valence-electron chi connectivity index (χ3n) is 5.97. The van der Waals surface area contributed by atoms with Crippen molar-refractivity contribution in [1.82, 2.24) is 15.1 Å². The third-order valence-corrected chi connectivity index (χ3v) is 5.97. The van der Waals surface area contributed by atoms with E-state index >= 15 is 0 Å². The van der Waals surface area contributed by atoms with Crippen LogP contribution in [0.3, 0.4) is 0 Å². The minimum Gasteiger partial charge on any atom is -0.455 e. The van der Waals surface area contributed by atoms with E-state index in [1.54, 1.807) is 32.9 Å². The van der Waals surface area contributed by atoms with Gasteiger partial charge in [0.15, 0.2) is 22.9 Å². The van der Waals surface area contributed by atoms with E-state index in [0.717, 1.165) is 17.8 Å². The Kier molecular flexibility index (Phi) is 5.90. The van der Waals surface area contributed by atoms with E-state index in [1.165, 1.54) is 18.3 Å². The van der Waals surface area contributed by atoms with E-state index in [9.17, 15) is 22.8 Å². The van der Waals surface area contributed by atoms with Crippen LogP contribution < -0.4 is 16.5 Å². The number of rotatable bonds is 5. The quantitative estimate of drug-likeness (QED) is 0.327. The van der Waals surface area contributed by atoms with Gasteiger partial charge in [-0.15, -0.1) is 0 Å². The molecule has 5 aromatic rings. The van der Waals surface area contributed by atoms with Crippen molar-refractivity contribution in [2.75, 3.05) is 5.32 Å². The monoisotopic (exact) mass is 508 g/mol. The Hall–Kier alpha value is -4.67. The molecular weight excluding hydrogens is 489 g/mol. The fourth-order valence-electron chi connectivity index (χ4n) is 4.25. The van der Waals surface area contributed by atoms with Crippen LogP contribution >= 0.6 is 0 Å². The van der Waals surface area contributed by atoms with Crippen LogP contribution in [0.4, 0.5) is 18.9 Å². The first-order valence-corrected chi connectivity index (χ1v) is 11.1. The summed E-state index contributed by atoms with van der Waals surface area (Å²) >= 11 is 0. The average Bonchev–Trinajstić information content (AvgIpc) is 3.29. The molecule has 8 nitrogen and oxygen atoms in total. The highest BCUT2D eigenvalue weighted by molar-refractivity contribution is 5.85. The first-order chi connectivity index (χ1) is 17.6. The molecule has 3 heterocycles. The van der Waals surface area contributed by atoms with Gasteiger partial charge in [-0.05, 0) is 50.6 Å². The second kappa shape index (κ2) is 9.08. The molecule has 0 aliphatic heterocycles. The van der Waals surface area contributed by atoms with Crippen molar-refractivity contribution >= 4 is 16.7 Å². The van der Waals surface area contributed by atoms with Crippen molar-refractivity contribution in [2.45, 2.75) is 26.8 Å². The SMILES string of the molecule is Cc1cc(C(C)Nc2ccc(F)c(F)c2-c2noc(=O)[nH]2)c2oc(-c3cncc(F)c3)c(C)c(=O)c2c1. The van der Waals surface area contributed by atoms with Gasteiger partial charge in [0.25, 0.3) is 0 Å². The van der Waals surface area contributed by atoms with E-state index in [-0.39, 0.29) is 39.4 Å². The van der Waals surface area contributed by atoms with Gasteiger partial charge in [0, 0.05) is 28.6 Å². The second-order valence-corrected chi connectivity index (χ2v) is 8.60. The highest BCUT2D eigenvalue weighted by atomic mass is 19.2. The first kappa shape index (κ1) is 24.0. The maximum absolute atomic E-state index is 14.8. The highest BCUT2D eigenvalue weighted by Crippen LogP contribution is 2.35. The van der Waals surface area contributed by atoms with Crippen molar-refractivity contribution in [3.63, 3.8) is 0 Å². The number of hydrogen-bond acceptors (Lipinski definition) is 7. The summed E-state index contributed by atoms with van der Waals surface area (Å²) in [6.45, 7) is 5.12. The molecule has 0 aliphatic rings. The number of fused-ring (bicyclic) bond motifs is 1. The maximum atomic E-state index is 14.8. The number of H-pyrrole nitrogens is 1. The van der Waals surface area contributed by atoms with Crippen molar-refractivity contribution < 1.29 is 22.1 Å². The number of anilines is 1. The Labute approximate surface area is 206 Å². The molecular formula is C26H19F3N4O4. The molecule has 2 N–H and O–H groups in total. The predicted molar refractivity (Wildman–Crippen MR) is 130 cm³/mol. The Morgan fingerprint density at radius 1 is 1.05 bits per heavy atom. The normalized spacial score (nSPS) is 12.2. The molecule has 0 amide bonds. The molecule has 0 radical (unpaired) electrons. The van der Waals surface area contributed by atoms with Crippen molar-refractivity contribution in [1.29, 1.82) is 0 Å². The van der Waals surface area contributed by atoms with Gasteiger partial charge in [-0.1, -0.05) is 11.2 Å². The molecule has 11 heteroatoms. The van der Waals surface area contributed by atoms with Crippen LogP contribution in [-0.4, -0.2) is 15.1 Å². The molecule has 2 aromatic carbocycles. The summed E-state index contributed by atoms with van der Waals surface area (Å²) in [5.41, 5.74) is 1.58. The lowest BCUT2D eigenvalue weighted by molar-refractivity contribution is 0.387. The zero-order valence-electron chi connectivity index (χ0n) is 19.8. The minimum atomic E-state index is -1.24. The zero-order valence-corrected chi connectivity index (χ0v) is 19.8. The van der Waals surface area contributed by atoms with E-state index in [1.807, 2.05) is 0 Å². The molecule has 37 heavy (non-hydrogen) atoms. The van der Waals surface area contributed by atoms with Gasteiger partial charge < -0.3 is 9.73 Å². The number of nitrogens with zero attached hydrogens (tertiary/aromatic N) is 2. The number of aromatic nitrogens is 3. The smallest absolute Gasteiger partial charge is 0.439 e. The summed E-state index contributed by atoms with van der Waals surface area (Å²) in [5, 5.41) is 6.87. The molecule has 1 atom stereocenters. The number of nitrogens with one attached hydrogen (secondary N) is 2. The molecule has 0 spiro atoms. The molecule has 0 saturated carbocycles. The number of aromatic amines is 1. The lowest BCUT2D eigenvalue weighted by Crippen LogP contribution is -2.13. The van der Waals surface area contributed by atoms with Crippen LogP contribution in [0.1, 0.15) is 29.7 Å². The summed E-state index contributed by atoms with van der Waals surface area (Å²) in [4.78, 5) is 30.8. The summed E-state index contributed by atoms with van der Waals surface area (Å²) < 4.78 is 53.3. The lowest BCUT2D eigenvalue weighted by Gasteiger charge is -2.20. The van der Waals surface area contributed by atoms with Gasteiger partial charge in [0.2, 0.25) is 0 Å². The lowest BCUT2D eigenvalue weighted by atomic mass is 9.98. The third kappa shape index (κ3) is 4.28. The van der Waals surface area contributed by atoms with Gasteiger partial charge in [0.1, 0.15) is 17.2 Å². The number of aryl methyl sites for hydroxylation is 1. The van der Waals surface area contributed by atoms with Crippen LogP contribution in [0.5, 0.6) is 0 Å². The van der Waals surface area contributed by atoms with Gasteiger partial charge >= 0.3 is 5.76 Å². The van der Waals surface area contributed by atoms with Gasteiger partial charge in [0.05, 0.1) is 23.2 Å².